The van der Waals surface area contributed by atoms with Crippen LogP contribution in [-0.2, 0) is 16.1 Å². The van der Waals surface area contributed by atoms with Gasteiger partial charge in [0, 0.05) is 6.61 Å². The number of benzene rings is 1. The SMILES string of the molecule is C=CCOc1cc(COC2CCCCO2)ccc1OC. The molecule has 1 aliphatic heterocycles. The Kier molecular flexibility index (Phi) is 5.89. The van der Waals surface area contributed by atoms with Crippen molar-refractivity contribution in [1.29, 1.82) is 0 Å². The second-order valence-corrected chi connectivity index (χ2v) is 4.69. The molecule has 0 N–H and O–H groups in total. The highest BCUT2D eigenvalue weighted by Gasteiger charge is 2.14. The molecule has 1 unspecified atom stereocenters. The van der Waals surface area contributed by atoms with E-state index < -0.39 is 0 Å². The summed E-state index contributed by atoms with van der Waals surface area (Å²) in [6.45, 7) is 5.40. The maximum Gasteiger partial charge on any atom is 0.161 e. The van der Waals surface area contributed by atoms with Crippen molar-refractivity contribution in [2.75, 3.05) is 20.3 Å². The third kappa shape index (κ3) is 4.25. The maximum atomic E-state index is 5.76. The molecule has 1 heterocycles. The van der Waals surface area contributed by atoms with Crippen molar-refractivity contribution in [3.05, 3.63) is 36.4 Å². The summed E-state index contributed by atoms with van der Waals surface area (Å²) in [5, 5.41) is 0. The topological polar surface area (TPSA) is 36.9 Å². The number of hydrogen-bond donors (Lipinski definition) is 0. The Hall–Kier alpha value is -1.52. The van der Waals surface area contributed by atoms with Gasteiger partial charge in [-0.2, -0.15) is 0 Å². The van der Waals surface area contributed by atoms with Crippen molar-refractivity contribution in [2.24, 2.45) is 0 Å². The number of rotatable bonds is 7. The monoisotopic (exact) mass is 278 g/mol. The standard InChI is InChI=1S/C16H22O4/c1-3-9-18-15-11-13(7-8-14(15)17-2)12-20-16-6-4-5-10-19-16/h3,7-8,11,16H,1,4-6,9-10,12H2,2H3. The normalized spacial score (nSPS) is 18.6. The third-order valence-corrected chi connectivity index (χ3v) is 3.16. The highest BCUT2D eigenvalue weighted by Crippen LogP contribution is 2.28. The molecule has 4 heteroatoms. The summed E-state index contributed by atoms with van der Waals surface area (Å²) in [7, 11) is 1.63. The number of methoxy groups -OCH3 is 1. The third-order valence-electron chi connectivity index (χ3n) is 3.16. The van der Waals surface area contributed by atoms with Crippen LogP contribution in [0.3, 0.4) is 0 Å². The highest BCUT2D eigenvalue weighted by molar-refractivity contribution is 5.42. The molecular weight excluding hydrogens is 256 g/mol. The molecule has 110 valence electrons. The van der Waals surface area contributed by atoms with Crippen LogP contribution in [0.4, 0.5) is 0 Å². The van der Waals surface area contributed by atoms with E-state index in [0.717, 1.165) is 25.0 Å². The van der Waals surface area contributed by atoms with Gasteiger partial charge in [0.1, 0.15) is 6.61 Å². The number of ether oxygens (including phenoxy) is 4. The maximum absolute atomic E-state index is 5.76. The van der Waals surface area contributed by atoms with Crippen molar-refractivity contribution in [3.63, 3.8) is 0 Å². The lowest BCUT2D eigenvalue weighted by Crippen LogP contribution is -2.22. The van der Waals surface area contributed by atoms with Gasteiger partial charge in [-0.1, -0.05) is 18.7 Å². The number of hydrogen-bond acceptors (Lipinski definition) is 4. The zero-order valence-corrected chi connectivity index (χ0v) is 12.0. The van der Waals surface area contributed by atoms with Crippen molar-refractivity contribution >= 4 is 0 Å². The first-order valence-corrected chi connectivity index (χ1v) is 6.97. The van der Waals surface area contributed by atoms with Crippen LogP contribution in [0.1, 0.15) is 24.8 Å². The Bertz CT molecular complexity index is 424. The van der Waals surface area contributed by atoms with Crippen LogP contribution < -0.4 is 9.47 Å². The minimum atomic E-state index is -0.0802. The molecule has 1 aromatic rings. The Morgan fingerprint density at radius 1 is 1.35 bits per heavy atom. The summed E-state index contributed by atoms with van der Waals surface area (Å²) in [5.74, 6) is 1.42. The fourth-order valence-electron chi connectivity index (χ4n) is 2.10. The van der Waals surface area contributed by atoms with E-state index in [1.807, 2.05) is 18.2 Å². The molecule has 1 aromatic carbocycles. The van der Waals surface area contributed by atoms with Crippen LogP contribution in [0, 0.1) is 0 Å². The van der Waals surface area contributed by atoms with Gasteiger partial charge in [-0.3, -0.25) is 0 Å². The van der Waals surface area contributed by atoms with Crippen molar-refractivity contribution < 1.29 is 18.9 Å². The van der Waals surface area contributed by atoms with Crippen molar-refractivity contribution in [3.8, 4) is 11.5 Å². The quantitative estimate of drug-likeness (QED) is 0.717. The summed E-state index contributed by atoms with van der Waals surface area (Å²) in [6.07, 6.45) is 4.89. The molecule has 1 saturated heterocycles. The van der Waals surface area contributed by atoms with Gasteiger partial charge in [0.05, 0.1) is 13.7 Å². The largest absolute Gasteiger partial charge is 0.493 e. The summed E-state index contributed by atoms with van der Waals surface area (Å²) >= 11 is 0. The van der Waals surface area contributed by atoms with Crippen molar-refractivity contribution in [1.82, 2.24) is 0 Å². The molecule has 0 amide bonds. The fourth-order valence-corrected chi connectivity index (χ4v) is 2.10. The van der Waals surface area contributed by atoms with Gasteiger partial charge in [-0.05, 0) is 37.0 Å². The minimum absolute atomic E-state index is 0.0802. The lowest BCUT2D eigenvalue weighted by atomic mass is 10.2. The van der Waals surface area contributed by atoms with Crippen LogP contribution in [0.15, 0.2) is 30.9 Å². The van der Waals surface area contributed by atoms with E-state index >= 15 is 0 Å². The molecule has 2 rings (SSSR count). The Balaban J connectivity index is 1.94. The highest BCUT2D eigenvalue weighted by atomic mass is 16.7. The summed E-state index contributed by atoms with van der Waals surface area (Å²) in [4.78, 5) is 0. The smallest absolute Gasteiger partial charge is 0.161 e. The molecule has 20 heavy (non-hydrogen) atoms. The average molecular weight is 278 g/mol. The lowest BCUT2D eigenvalue weighted by molar-refractivity contribution is -0.168. The molecule has 1 atom stereocenters. The molecular formula is C16H22O4. The summed E-state index contributed by atoms with van der Waals surface area (Å²) in [5.41, 5.74) is 1.04. The Morgan fingerprint density at radius 2 is 2.25 bits per heavy atom. The molecule has 0 aliphatic carbocycles. The molecule has 1 fully saturated rings. The van der Waals surface area contributed by atoms with E-state index in [2.05, 4.69) is 6.58 Å². The molecule has 1 aliphatic rings. The van der Waals surface area contributed by atoms with Crippen LogP contribution in [0.25, 0.3) is 0 Å². The van der Waals surface area contributed by atoms with Crippen molar-refractivity contribution in [2.45, 2.75) is 32.2 Å². The second-order valence-electron chi connectivity index (χ2n) is 4.69. The van der Waals surface area contributed by atoms with Gasteiger partial charge < -0.3 is 18.9 Å². The molecule has 0 bridgehead atoms. The predicted octanol–water partition coefficient (Wildman–Crippen LogP) is 3.30. The van der Waals surface area contributed by atoms with Gasteiger partial charge in [-0.15, -0.1) is 0 Å². The molecule has 0 spiro atoms. The van der Waals surface area contributed by atoms with Gasteiger partial charge in [-0.25, -0.2) is 0 Å². The predicted molar refractivity (Wildman–Crippen MR) is 77.1 cm³/mol. The fraction of sp³-hybridized carbons (Fsp3) is 0.500. The first-order chi connectivity index (χ1) is 9.83. The molecule has 0 aromatic heterocycles. The minimum Gasteiger partial charge on any atom is -0.493 e. The van der Waals surface area contributed by atoms with Gasteiger partial charge >= 0.3 is 0 Å². The van der Waals surface area contributed by atoms with E-state index in [1.165, 1.54) is 6.42 Å². The van der Waals surface area contributed by atoms with E-state index in [1.54, 1.807) is 13.2 Å². The van der Waals surface area contributed by atoms with Crippen LogP contribution in [0.5, 0.6) is 11.5 Å². The molecule has 0 radical (unpaired) electrons. The van der Waals surface area contributed by atoms with E-state index in [-0.39, 0.29) is 6.29 Å². The van der Waals surface area contributed by atoms with E-state index in [0.29, 0.717) is 24.7 Å². The van der Waals surface area contributed by atoms with E-state index in [9.17, 15) is 0 Å². The average Bonchev–Trinajstić information content (AvgIpc) is 2.52. The molecule has 0 saturated carbocycles. The van der Waals surface area contributed by atoms with Gasteiger partial charge in [0.15, 0.2) is 17.8 Å². The zero-order chi connectivity index (χ0) is 14.2. The Labute approximate surface area is 120 Å². The lowest BCUT2D eigenvalue weighted by Gasteiger charge is -2.22. The molecule has 4 nitrogen and oxygen atoms in total. The van der Waals surface area contributed by atoms with E-state index in [4.69, 9.17) is 18.9 Å². The second kappa shape index (κ2) is 7.92. The van der Waals surface area contributed by atoms with Gasteiger partial charge in [0.25, 0.3) is 0 Å². The first kappa shape index (κ1) is 14.9. The summed E-state index contributed by atoms with van der Waals surface area (Å²) < 4.78 is 22.2. The van der Waals surface area contributed by atoms with Gasteiger partial charge in [0.2, 0.25) is 0 Å². The zero-order valence-electron chi connectivity index (χ0n) is 12.0. The van der Waals surface area contributed by atoms with Crippen LogP contribution in [-0.4, -0.2) is 26.6 Å². The van der Waals surface area contributed by atoms with Crippen LogP contribution in [0.2, 0.25) is 0 Å². The summed E-state index contributed by atoms with van der Waals surface area (Å²) in [6, 6.07) is 5.80. The first-order valence-electron chi connectivity index (χ1n) is 6.97. The van der Waals surface area contributed by atoms with Crippen LogP contribution >= 0.6 is 0 Å². The Morgan fingerprint density at radius 3 is 2.95 bits per heavy atom.